The molecule has 3 rings (SSSR count). The van der Waals surface area contributed by atoms with E-state index in [1.54, 1.807) is 7.11 Å². The number of benzene rings is 2. The molecule has 0 saturated heterocycles. The standard InChI is InChI=1S/C16H18O2/c1-16(2)9-13-11-5-4-6-14(17-3)12(11)7-8-15(13)18-10-16/h4-8H,9-10H2,1-3H3. The highest BCUT2D eigenvalue weighted by molar-refractivity contribution is 5.92. The van der Waals surface area contributed by atoms with Gasteiger partial charge in [0.1, 0.15) is 11.5 Å². The zero-order chi connectivity index (χ0) is 12.8. The highest BCUT2D eigenvalue weighted by Crippen LogP contribution is 2.40. The van der Waals surface area contributed by atoms with Crippen molar-refractivity contribution in [1.29, 1.82) is 0 Å². The molecule has 0 fully saturated rings. The van der Waals surface area contributed by atoms with Crippen molar-refractivity contribution in [3.63, 3.8) is 0 Å². The van der Waals surface area contributed by atoms with E-state index in [9.17, 15) is 0 Å². The Hall–Kier alpha value is -1.70. The van der Waals surface area contributed by atoms with Crippen LogP contribution >= 0.6 is 0 Å². The van der Waals surface area contributed by atoms with Crippen LogP contribution in [-0.2, 0) is 6.42 Å². The van der Waals surface area contributed by atoms with Gasteiger partial charge in [-0.15, -0.1) is 0 Å². The van der Waals surface area contributed by atoms with E-state index in [0.717, 1.165) is 24.5 Å². The lowest BCUT2D eigenvalue weighted by Crippen LogP contribution is -2.28. The maximum absolute atomic E-state index is 5.88. The van der Waals surface area contributed by atoms with E-state index in [1.807, 2.05) is 12.1 Å². The molecule has 2 aromatic carbocycles. The molecule has 0 radical (unpaired) electrons. The molecule has 94 valence electrons. The van der Waals surface area contributed by atoms with Crippen LogP contribution in [0.15, 0.2) is 30.3 Å². The molecule has 0 aromatic heterocycles. The molecule has 18 heavy (non-hydrogen) atoms. The summed E-state index contributed by atoms with van der Waals surface area (Å²) in [4.78, 5) is 0. The predicted molar refractivity (Wildman–Crippen MR) is 73.5 cm³/mol. The summed E-state index contributed by atoms with van der Waals surface area (Å²) < 4.78 is 11.3. The quantitative estimate of drug-likeness (QED) is 0.757. The molecule has 0 bridgehead atoms. The van der Waals surface area contributed by atoms with Gasteiger partial charge < -0.3 is 9.47 Å². The van der Waals surface area contributed by atoms with Crippen molar-refractivity contribution in [1.82, 2.24) is 0 Å². The minimum atomic E-state index is 0.199. The van der Waals surface area contributed by atoms with Crippen LogP contribution in [0.1, 0.15) is 19.4 Å². The molecule has 1 heterocycles. The Kier molecular flexibility index (Phi) is 2.47. The van der Waals surface area contributed by atoms with E-state index < -0.39 is 0 Å². The Bertz CT molecular complexity index is 599. The van der Waals surface area contributed by atoms with Gasteiger partial charge in [-0.1, -0.05) is 26.0 Å². The number of hydrogen-bond acceptors (Lipinski definition) is 2. The Morgan fingerprint density at radius 2 is 1.94 bits per heavy atom. The Morgan fingerprint density at radius 3 is 2.72 bits per heavy atom. The van der Waals surface area contributed by atoms with Crippen molar-refractivity contribution in [3.8, 4) is 11.5 Å². The Balaban J connectivity index is 2.26. The summed E-state index contributed by atoms with van der Waals surface area (Å²) in [5, 5.41) is 2.42. The monoisotopic (exact) mass is 242 g/mol. The first kappa shape index (κ1) is 11.4. The van der Waals surface area contributed by atoms with Gasteiger partial charge in [0, 0.05) is 16.4 Å². The lowest BCUT2D eigenvalue weighted by Gasteiger charge is -2.32. The lowest BCUT2D eigenvalue weighted by molar-refractivity contribution is 0.156. The first-order chi connectivity index (χ1) is 8.61. The smallest absolute Gasteiger partial charge is 0.126 e. The summed E-state index contributed by atoms with van der Waals surface area (Å²) in [5.41, 5.74) is 1.51. The fourth-order valence-corrected chi connectivity index (χ4v) is 2.67. The van der Waals surface area contributed by atoms with E-state index in [1.165, 1.54) is 16.3 Å². The van der Waals surface area contributed by atoms with Crippen LogP contribution in [0.4, 0.5) is 0 Å². The second kappa shape index (κ2) is 3.91. The van der Waals surface area contributed by atoms with Gasteiger partial charge in [0.2, 0.25) is 0 Å². The third kappa shape index (κ3) is 1.72. The third-order valence-electron chi connectivity index (χ3n) is 3.58. The number of fused-ring (bicyclic) bond motifs is 3. The molecular weight excluding hydrogens is 224 g/mol. The van der Waals surface area contributed by atoms with Crippen molar-refractivity contribution in [2.45, 2.75) is 20.3 Å². The molecule has 1 aliphatic heterocycles. The summed E-state index contributed by atoms with van der Waals surface area (Å²) in [5.74, 6) is 1.95. The summed E-state index contributed by atoms with van der Waals surface area (Å²) in [6.07, 6.45) is 1.05. The van der Waals surface area contributed by atoms with Crippen molar-refractivity contribution in [2.75, 3.05) is 13.7 Å². The van der Waals surface area contributed by atoms with Gasteiger partial charge in [0.25, 0.3) is 0 Å². The molecular formula is C16H18O2. The van der Waals surface area contributed by atoms with Crippen LogP contribution in [-0.4, -0.2) is 13.7 Å². The molecule has 2 nitrogen and oxygen atoms in total. The van der Waals surface area contributed by atoms with E-state index in [-0.39, 0.29) is 5.41 Å². The number of hydrogen-bond donors (Lipinski definition) is 0. The number of methoxy groups -OCH3 is 1. The Morgan fingerprint density at radius 1 is 1.11 bits per heavy atom. The normalized spacial score (nSPS) is 17.1. The maximum Gasteiger partial charge on any atom is 0.126 e. The first-order valence-corrected chi connectivity index (χ1v) is 6.32. The number of rotatable bonds is 1. The summed E-state index contributed by atoms with van der Waals surface area (Å²) in [7, 11) is 1.72. The van der Waals surface area contributed by atoms with E-state index in [4.69, 9.17) is 9.47 Å². The van der Waals surface area contributed by atoms with Crippen molar-refractivity contribution in [3.05, 3.63) is 35.9 Å². The van der Waals surface area contributed by atoms with Gasteiger partial charge in [-0.05, 0) is 30.0 Å². The highest BCUT2D eigenvalue weighted by atomic mass is 16.5. The van der Waals surface area contributed by atoms with Gasteiger partial charge in [-0.25, -0.2) is 0 Å². The summed E-state index contributed by atoms with van der Waals surface area (Å²) in [6, 6.07) is 10.4. The largest absolute Gasteiger partial charge is 0.496 e. The summed E-state index contributed by atoms with van der Waals surface area (Å²) >= 11 is 0. The van der Waals surface area contributed by atoms with Gasteiger partial charge >= 0.3 is 0 Å². The average Bonchev–Trinajstić information content (AvgIpc) is 2.36. The molecule has 1 aliphatic rings. The maximum atomic E-state index is 5.88. The molecule has 0 atom stereocenters. The fraction of sp³-hybridized carbons (Fsp3) is 0.375. The van der Waals surface area contributed by atoms with Crippen LogP contribution in [0.25, 0.3) is 10.8 Å². The zero-order valence-corrected chi connectivity index (χ0v) is 11.1. The second-order valence-corrected chi connectivity index (χ2v) is 5.73. The van der Waals surface area contributed by atoms with Gasteiger partial charge in [-0.3, -0.25) is 0 Å². The highest BCUT2D eigenvalue weighted by Gasteiger charge is 2.28. The van der Waals surface area contributed by atoms with Crippen molar-refractivity contribution in [2.24, 2.45) is 5.41 Å². The van der Waals surface area contributed by atoms with Crippen LogP contribution < -0.4 is 9.47 Å². The molecule has 0 unspecified atom stereocenters. The van der Waals surface area contributed by atoms with E-state index in [2.05, 4.69) is 32.0 Å². The topological polar surface area (TPSA) is 18.5 Å². The van der Waals surface area contributed by atoms with Crippen molar-refractivity contribution < 1.29 is 9.47 Å². The molecule has 0 N–H and O–H groups in total. The van der Waals surface area contributed by atoms with Crippen LogP contribution in [0.3, 0.4) is 0 Å². The minimum Gasteiger partial charge on any atom is -0.496 e. The predicted octanol–water partition coefficient (Wildman–Crippen LogP) is 3.81. The molecule has 0 amide bonds. The van der Waals surface area contributed by atoms with Crippen LogP contribution in [0, 0.1) is 5.41 Å². The van der Waals surface area contributed by atoms with Gasteiger partial charge in [0.05, 0.1) is 13.7 Å². The lowest BCUT2D eigenvalue weighted by atomic mass is 9.82. The molecule has 0 aliphatic carbocycles. The second-order valence-electron chi connectivity index (χ2n) is 5.73. The first-order valence-electron chi connectivity index (χ1n) is 6.32. The third-order valence-corrected chi connectivity index (χ3v) is 3.58. The molecule has 2 aromatic rings. The molecule has 2 heteroatoms. The summed E-state index contributed by atoms with van der Waals surface area (Å²) in [6.45, 7) is 5.28. The zero-order valence-electron chi connectivity index (χ0n) is 11.1. The van der Waals surface area contributed by atoms with Crippen LogP contribution in [0.5, 0.6) is 11.5 Å². The SMILES string of the molecule is COc1cccc2c3c(ccc12)OCC(C)(C)C3. The van der Waals surface area contributed by atoms with Gasteiger partial charge in [0.15, 0.2) is 0 Å². The van der Waals surface area contributed by atoms with E-state index in [0.29, 0.717) is 0 Å². The molecule has 0 spiro atoms. The molecule has 0 saturated carbocycles. The Labute approximate surface area is 108 Å². The van der Waals surface area contributed by atoms with Crippen molar-refractivity contribution >= 4 is 10.8 Å². The van der Waals surface area contributed by atoms with Crippen LogP contribution in [0.2, 0.25) is 0 Å². The number of ether oxygens (including phenoxy) is 2. The van der Waals surface area contributed by atoms with Gasteiger partial charge in [-0.2, -0.15) is 0 Å². The van der Waals surface area contributed by atoms with E-state index >= 15 is 0 Å². The average molecular weight is 242 g/mol. The fourth-order valence-electron chi connectivity index (χ4n) is 2.67. The minimum absolute atomic E-state index is 0.199.